The van der Waals surface area contributed by atoms with Crippen LogP contribution in [0.3, 0.4) is 0 Å². The SMILES string of the molecule is Cc1ccc(N2CCCC(NC(=O)CNC(=O)CN)C2=O)cc1.Cl. The highest BCUT2D eigenvalue weighted by Gasteiger charge is 2.30. The minimum atomic E-state index is -0.563. The van der Waals surface area contributed by atoms with E-state index in [1.54, 1.807) is 4.90 Å². The van der Waals surface area contributed by atoms with Crippen LogP contribution in [0.25, 0.3) is 0 Å². The van der Waals surface area contributed by atoms with Gasteiger partial charge in [-0.05, 0) is 31.9 Å². The smallest absolute Gasteiger partial charge is 0.249 e. The van der Waals surface area contributed by atoms with Crippen LogP contribution in [-0.2, 0) is 14.4 Å². The summed E-state index contributed by atoms with van der Waals surface area (Å²) in [5.74, 6) is -0.925. The van der Waals surface area contributed by atoms with E-state index in [4.69, 9.17) is 5.73 Å². The number of hydrogen-bond donors (Lipinski definition) is 3. The lowest BCUT2D eigenvalue weighted by molar-refractivity contribution is -0.129. The lowest BCUT2D eigenvalue weighted by atomic mass is 10.0. The van der Waals surface area contributed by atoms with Gasteiger partial charge < -0.3 is 21.3 Å². The van der Waals surface area contributed by atoms with Crippen LogP contribution in [0.1, 0.15) is 18.4 Å². The number of rotatable bonds is 5. The summed E-state index contributed by atoms with van der Waals surface area (Å²) in [5.41, 5.74) is 7.11. The van der Waals surface area contributed by atoms with E-state index in [1.807, 2.05) is 31.2 Å². The van der Waals surface area contributed by atoms with Crippen LogP contribution >= 0.6 is 12.4 Å². The summed E-state index contributed by atoms with van der Waals surface area (Å²) in [4.78, 5) is 37.1. The highest BCUT2D eigenvalue weighted by Crippen LogP contribution is 2.21. The quantitative estimate of drug-likeness (QED) is 0.697. The van der Waals surface area contributed by atoms with Gasteiger partial charge >= 0.3 is 0 Å². The van der Waals surface area contributed by atoms with Crippen molar-refractivity contribution < 1.29 is 14.4 Å². The first-order valence-electron chi connectivity index (χ1n) is 7.65. The Balaban J connectivity index is 0.00000288. The number of aryl methyl sites for hydroxylation is 1. The van der Waals surface area contributed by atoms with Crippen LogP contribution in [0.5, 0.6) is 0 Å². The normalized spacial score (nSPS) is 17.0. The maximum Gasteiger partial charge on any atom is 0.249 e. The summed E-state index contributed by atoms with van der Waals surface area (Å²) in [6.45, 7) is 2.28. The van der Waals surface area contributed by atoms with Gasteiger partial charge in [0.15, 0.2) is 0 Å². The number of nitrogens with zero attached hydrogens (tertiary/aromatic N) is 1. The average molecular weight is 355 g/mol. The van der Waals surface area contributed by atoms with Gasteiger partial charge in [-0.1, -0.05) is 17.7 Å². The number of nitrogens with one attached hydrogen (secondary N) is 2. The molecule has 1 aliphatic rings. The second-order valence-corrected chi connectivity index (χ2v) is 5.57. The van der Waals surface area contributed by atoms with E-state index >= 15 is 0 Å². The fourth-order valence-corrected chi connectivity index (χ4v) is 2.49. The van der Waals surface area contributed by atoms with E-state index in [1.165, 1.54) is 0 Å². The van der Waals surface area contributed by atoms with Gasteiger partial charge in [-0.15, -0.1) is 12.4 Å². The molecule has 2 rings (SSSR count). The number of benzene rings is 1. The Hall–Kier alpha value is -2.12. The lowest BCUT2D eigenvalue weighted by Crippen LogP contribution is -2.54. The van der Waals surface area contributed by atoms with Crippen molar-refractivity contribution in [2.45, 2.75) is 25.8 Å². The molecule has 1 atom stereocenters. The topological polar surface area (TPSA) is 105 Å². The molecule has 1 unspecified atom stereocenters. The Morgan fingerprint density at radius 3 is 2.54 bits per heavy atom. The number of piperidine rings is 1. The number of anilines is 1. The summed E-state index contributed by atoms with van der Waals surface area (Å²) >= 11 is 0. The fraction of sp³-hybridized carbons (Fsp3) is 0.438. The zero-order valence-corrected chi connectivity index (χ0v) is 14.4. The third-order valence-electron chi connectivity index (χ3n) is 3.75. The molecular weight excluding hydrogens is 332 g/mol. The van der Waals surface area contributed by atoms with Crippen molar-refractivity contribution in [3.63, 3.8) is 0 Å². The molecule has 1 aromatic rings. The van der Waals surface area contributed by atoms with Crippen molar-refractivity contribution in [3.8, 4) is 0 Å². The second-order valence-electron chi connectivity index (χ2n) is 5.57. The van der Waals surface area contributed by atoms with E-state index < -0.39 is 17.9 Å². The molecule has 0 spiro atoms. The summed E-state index contributed by atoms with van der Waals surface area (Å²) in [6.07, 6.45) is 1.40. The number of carbonyl (C=O) groups is 3. The first kappa shape index (κ1) is 19.9. The van der Waals surface area contributed by atoms with Gasteiger partial charge in [-0.2, -0.15) is 0 Å². The highest BCUT2D eigenvalue weighted by molar-refractivity contribution is 6.00. The van der Waals surface area contributed by atoms with Gasteiger partial charge in [0, 0.05) is 12.2 Å². The summed E-state index contributed by atoms with van der Waals surface area (Å²) < 4.78 is 0. The van der Waals surface area contributed by atoms with Gasteiger partial charge in [0.25, 0.3) is 0 Å². The zero-order valence-electron chi connectivity index (χ0n) is 13.6. The average Bonchev–Trinajstić information content (AvgIpc) is 2.55. The third-order valence-corrected chi connectivity index (χ3v) is 3.75. The Labute approximate surface area is 147 Å². The van der Waals surface area contributed by atoms with Crippen molar-refractivity contribution in [1.29, 1.82) is 0 Å². The molecule has 24 heavy (non-hydrogen) atoms. The molecule has 0 radical (unpaired) electrons. The molecule has 4 N–H and O–H groups in total. The van der Waals surface area contributed by atoms with Crippen LogP contribution in [0.15, 0.2) is 24.3 Å². The molecule has 1 saturated heterocycles. The number of halogens is 1. The van der Waals surface area contributed by atoms with E-state index in [0.717, 1.165) is 17.7 Å². The van der Waals surface area contributed by atoms with Crippen LogP contribution in [0.2, 0.25) is 0 Å². The summed E-state index contributed by atoms with van der Waals surface area (Å²) in [5, 5.41) is 5.06. The zero-order chi connectivity index (χ0) is 16.8. The Kier molecular flexibility index (Phi) is 7.67. The van der Waals surface area contributed by atoms with Crippen molar-refractivity contribution in [3.05, 3.63) is 29.8 Å². The Bertz CT molecular complexity index is 591. The van der Waals surface area contributed by atoms with E-state index in [0.29, 0.717) is 13.0 Å². The monoisotopic (exact) mass is 354 g/mol. The van der Waals surface area contributed by atoms with Crippen LogP contribution in [0.4, 0.5) is 5.69 Å². The van der Waals surface area contributed by atoms with Crippen molar-refractivity contribution in [2.24, 2.45) is 5.73 Å². The predicted octanol–water partition coefficient (Wildman–Crippen LogP) is 0.103. The van der Waals surface area contributed by atoms with Crippen molar-refractivity contribution in [2.75, 3.05) is 24.5 Å². The molecule has 8 heteroatoms. The molecule has 0 saturated carbocycles. The molecule has 1 heterocycles. The Morgan fingerprint density at radius 1 is 1.25 bits per heavy atom. The molecule has 0 bridgehead atoms. The first-order chi connectivity index (χ1) is 11.0. The van der Waals surface area contributed by atoms with E-state index in [-0.39, 0.29) is 31.4 Å². The summed E-state index contributed by atoms with van der Waals surface area (Å²) in [6, 6.07) is 7.14. The standard InChI is InChI=1S/C16H22N4O3.ClH/c1-11-4-6-12(7-5-11)20-8-2-3-13(16(20)23)19-15(22)10-18-14(21)9-17;/h4-7,13H,2-3,8-10,17H2,1H3,(H,18,21)(H,19,22);1H. The fourth-order valence-electron chi connectivity index (χ4n) is 2.49. The number of nitrogens with two attached hydrogens (primary N) is 1. The van der Waals surface area contributed by atoms with Gasteiger partial charge in [0.2, 0.25) is 17.7 Å². The highest BCUT2D eigenvalue weighted by atomic mass is 35.5. The van der Waals surface area contributed by atoms with Crippen LogP contribution in [-0.4, -0.2) is 43.4 Å². The number of carbonyl (C=O) groups excluding carboxylic acids is 3. The Morgan fingerprint density at radius 2 is 1.92 bits per heavy atom. The second kappa shape index (κ2) is 9.24. The predicted molar refractivity (Wildman–Crippen MR) is 94.0 cm³/mol. The maximum atomic E-state index is 12.5. The lowest BCUT2D eigenvalue weighted by Gasteiger charge is -2.32. The largest absolute Gasteiger partial charge is 0.346 e. The van der Waals surface area contributed by atoms with Crippen LogP contribution < -0.4 is 21.3 Å². The van der Waals surface area contributed by atoms with Gasteiger partial charge in [0.05, 0.1) is 13.1 Å². The third kappa shape index (κ3) is 5.21. The molecular formula is C16H23ClN4O3. The molecule has 1 fully saturated rings. The molecule has 1 aliphatic heterocycles. The number of hydrogen-bond acceptors (Lipinski definition) is 4. The molecule has 132 valence electrons. The van der Waals surface area contributed by atoms with Gasteiger partial charge in [0.1, 0.15) is 6.04 Å². The minimum absolute atomic E-state index is 0. The summed E-state index contributed by atoms with van der Waals surface area (Å²) in [7, 11) is 0. The molecule has 3 amide bonds. The molecule has 0 aromatic heterocycles. The minimum Gasteiger partial charge on any atom is -0.346 e. The van der Waals surface area contributed by atoms with Gasteiger partial charge in [-0.25, -0.2) is 0 Å². The molecule has 0 aliphatic carbocycles. The van der Waals surface area contributed by atoms with E-state index in [9.17, 15) is 14.4 Å². The van der Waals surface area contributed by atoms with E-state index in [2.05, 4.69) is 10.6 Å². The van der Waals surface area contributed by atoms with Crippen LogP contribution in [0, 0.1) is 6.92 Å². The maximum absolute atomic E-state index is 12.5. The molecule has 1 aromatic carbocycles. The number of amides is 3. The van der Waals surface area contributed by atoms with Crippen molar-refractivity contribution >= 4 is 35.8 Å². The molecule has 7 nitrogen and oxygen atoms in total. The van der Waals surface area contributed by atoms with Gasteiger partial charge in [-0.3, -0.25) is 14.4 Å². The van der Waals surface area contributed by atoms with Crippen molar-refractivity contribution in [1.82, 2.24) is 10.6 Å². The first-order valence-corrected chi connectivity index (χ1v) is 7.65.